The van der Waals surface area contributed by atoms with Gasteiger partial charge in [0.1, 0.15) is 29.1 Å². The molecule has 0 aliphatic heterocycles. The summed E-state index contributed by atoms with van der Waals surface area (Å²) in [6, 6.07) is 12.7. The molecule has 1 aromatic heterocycles. The number of nitrogens with two attached hydrogens (primary N) is 1. The number of aryl methyl sites for hydroxylation is 1. The molecule has 3 rings (SSSR count). The summed E-state index contributed by atoms with van der Waals surface area (Å²) < 4.78 is 11.9. The van der Waals surface area contributed by atoms with E-state index in [9.17, 15) is 5.11 Å². The van der Waals surface area contributed by atoms with Gasteiger partial charge in [-0.05, 0) is 55.2 Å². The maximum absolute atomic E-state index is 10.0. The fourth-order valence-corrected chi connectivity index (χ4v) is 3.07. The molecule has 0 aliphatic carbocycles. The van der Waals surface area contributed by atoms with Crippen LogP contribution in [0.3, 0.4) is 0 Å². The van der Waals surface area contributed by atoms with Crippen LogP contribution in [0, 0.1) is 6.92 Å². The lowest BCUT2D eigenvalue weighted by Crippen LogP contribution is -2.14. The second kappa shape index (κ2) is 6.99. The fraction of sp³-hybridized carbons (Fsp3) is 0.318. The Morgan fingerprint density at radius 3 is 2.52 bits per heavy atom. The average Bonchev–Trinajstić information content (AvgIpc) is 2.97. The van der Waals surface area contributed by atoms with Gasteiger partial charge in [0.05, 0.1) is 5.56 Å². The zero-order valence-corrected chi connectivity index (χ0v) is 16.4. The third-order valence-electron chi connectivity index (χ3n) is 4.50. The zero-order chi connectivity index (χ0) is 19.8. The van der Waals surface area contributed by atoms with Crippen LogP contribution in [-0.2, 0) is 5.41 Å². The van der Waals surface area contributed by atoms with Gasteiger partial charge in [-0.2, -0.15) is 0 Å². The van der Waals surface area contributed by atoms with E-state index in [1.807, 2.05) is 38.1 Å². The van der Waals surface area contributed by atoms with Crippen LogP contribution in [-0.4, -0.2) is 10.1 Å². The Morgan fingerprint density at radius 2 is 1.85 bits per heavy atom. The molecule has 3 N–H and O–H groups in total. The molecule has 0 amide bonds. The highest BCUT2D eigenvalue weighted by Gasteiger charge is 2.22. The molecule has 3 aromatic rings. The van der Waals surface area contributed by atoms with Gasteiger partial charge >= 0.3 is 0 Å². The highest BCUT2D eigenvalue weighted by atomic mass is 16.5. The summed E-state index contributed by atoms with van der Waals surface area (Å²) in [4.78, 5) is 4.55. The molecule has 0 fully saturated rings. The van der Waals surface area contributed by atoms with E-state index in [1.54, 1.807) is 18.2 Å². The number of oxazole rings is 1. The second-order valence-corrected chi connectivity index (χ2v) is 7.74. The molecule has 0 bridgehead atoms. The summed E-state index contributed by atoms with van der Waals surface area (Å²) in [5.74, 6) is 1.90. The van der Waals surface area contributed by atoms with Crippen LogP contribution in [0.4, 0.5) is 5.69 Å². The Bertz CT molecular complexity index is 954. The molecule has 142 valence electrons. The van der Waals surface area contributed by atoms with Crippen molar-refractivity contribution in [2.24, 2.45) is 0 Å². The number of benzene rings is 2. The van der Waals surface area contributed by atoms with Crippen LogP contribution in [0.25, 0.3) is 11.5 Å². The van der Waals surface area contributed by atoms with Crippen molar-refractivity contribution in [2.75, 3.05) is 5.73 Å². The number of para-hydroxylation sites is 1. The van der Waals surface area contributed by atoms with Crippen molar-refractivity contribution in [1.82, 2.24) is 4.98 Å². The van der Waals surface area contributed by atoms with Gasteiger partial charge in [0.15, 0.2) is 0 Å². The summed E-state index contributed by atoms with van der Waals surface area (Å²) >= 11 is 0. The maximum atomic E-state index is 10.0. The summed E-state index contributed by atoms with van der Waals surface area (Å²) in [7, 11) is 0. The Balaban J connectivity index is 1.88. The van der Waals surface area contributed by atoms with E-state index in [-0.39, 0.29) is 17.3 Å². The Labute approximate surface area is 159 Å². The molecule has 1 heterocycles. The van der Waals surface area contributed by atoms with Gasteiger partial charge in [0, 0.05) is 5.69 Å². The van der Waals surface area contributed by atoms with Crippen LogP contribution in [0.1, 0.15) is 50.8 Å². The first-order valence-electron chi connectivity index (χ1n) is 8.99. The minimum Gasteiger partial charge on any atom is -0.507 e. The van der Waals surface area contributed by atoms with Crippen LogP contribution in [0.15, 0.2) is 46.9 Å². The zero-order valence-electron chi connectivity index (χ0n) is 16.4. The van der Waals surface area contributed by atoms with Crippen molar-refractivity contribution < 1.29 is 14.3 Å². The predicted octanol–water partition coefficient (Wildman–Crippen LogP) is 5.38. The quantitative estimate of drug-likeness (QED) is 0.606. The number of nitrogens with zero attached hydrogens (tertiary/aromatic N) is 1. The van der Waals surface area contributed by atoms with Crippen molar-refractivity contribution in [3.63, 3.8) is 0 Å². The molecule has 0 radical (unpaired) electrons. The predicted molar refractivity (Wildman–Crippen MR) is 107 cm³/mol. The number of rotatable bonds is 4. The number of ether oxygens (including phenoxy) is 1. The van der Waals surface area contributed by atoms with Gasteiger partial charge in [0.2, 0.25) is 5.89 Å². The number of nitrogen functional groups attached to an aromatic ring is 1. The second-order valence-electron chi connectivity index (χ2n) is 7.74. The molecule has 0 saturated carbocycles. The van der Waals surface area contributed by atoms with E-state index in [1.165, 1.54) is 0 Å². The van der Waals surface area contributed by atoms with Crippen LogP contribution < -0.4 is 10.5 Å². The number of phenolic OH excluding ortho intramolecular Hbond substituents is 1. The highest BCUT2D eigenvalue weighted by Crippen LogP contribution is 2.35. The van der Waals surface area contributed by atoms with Crippen LogP contribution in [0.5, 0.6) is 11.5 Å². The molecule has 0 aliphatic rings. The first kappa shape index (κ1) is 18.8. The number of hydrogen-bond acceptors (Lipinski definition) is 5. The van der Waals surface area contributed by atoms with E-state index in [4.69, 9.17) is 14.9 Å². The van der Waals surface area contributed by atoms with E-state index in [2.05, 4.69) is 25.8 Å². The van der Waals surface area contributed by atoms with Gasteiger partial charge in [-0.1, -0.05) is 32.9 Å². The normalized spacial score (nSPS) is 12.8. The first-order valence-corrected chi connectivity index (χ1v) is 8.99. The third-order valence-corrected chi connectivity index (χ3v) is 4.50. The van der Waals surface area contributed by atoms with Gasteiger partial charge in [0.25, 0.3) is 0 Å². The maximum Gasteiger partial charge on any atom is 0.230 e. The van der Waals surface area contributed by atoms with Gasteiger partial charge in [-0.25, -0.2) is 4.98 Å². The Hall–Kier alpha value is -2.95. The van der Waals surface area contributed by atoms with Crippen LogP contribution >= 0.6 is 0 Å². The van der Waals surface area contributed by atoms with Gasteiger partial charge in [-0.15, -0.1) is 0 Å². The van der Waals surface area contributed by atoms with Crippen molar-refractivity contribution >= 4 is 5.69 Å². The van der Waals surface area contributed by atoms with Crippen LogP contribution in [0.2, 0.25) is 0 Å². The monoisotopic (exact) mass is 366 g/mol. The van der Waals surface area contributed by atoms with Crippen molar-refractivity contribution in [2.45, 2.75) is 46.1 Å². The topological polar surface area (TPSA) is 81.5 Å². The van der Waals surface area contributed by atoms with Crippen molar-refractivity contribution in [1.29, 1.82) is 0 Å². The Kier molecular flexibility index (Phi) is 4.87. The first-order chi connectivity index (χ1) is 12.7. The van der Waals surface area contributed by atoms with Crippen molar-refractivity contribution in [3.05, 3.63) is 59.5 Å². The number of anilines is 1. The highest BCUT2D eigenvalue weighted by molar-refractivity contribution is 5.62. The van der Waals surface area contributed by atoms with E-state index >= 15 is 0 Å². The molecule has 5 nitrogen and oxygen atoms in total. The standard InChI is InChI=1S/C22H26N2O3/c1-13(26-15-10-11-18(23)17(12-15)22(3,4)5)20-14(2)27-21(24-20)16-8-6-7-9-19(16)25/h6-13,25H,23H2,1-5H3. The number of aromatic hydroxyl groups is 1. The molecule has 0 saturated heterocycles. The lowest BCUT2D eigenvalue weighted by Gasteiger charge is -2.23. The summed E-state index contributed by atoms with van der Waals surface area (Å²) in [5, 5.41) is 10.0. The van der Waals surface area contributed by atoms with E-state index in [0.717, 1.165) is 17.0 Å². The molecular weight excluding hydrogens is 340 g/mol. The largest absolute Gasteiger partial charge is 0.507 e. The summed E-state index contributed by atoms with van der Waals surface area (Å²) in [6.07, 6.45) is -0.315. The molecular formula is C22H26N2O3. The van der Waals surface area contributed by atoms with Gasteiger partial charge < -0.3 is 20.0 Å². The molecule has 1 unspecified atom stereocenters. The number of aromatic nitrogens is 1. The van der Waals surface area contributed by atoms with E-state index < -0.39 is 0 Å². The minimum atomic E-state index is -0.315. The fourth-order valence-electron chi connectivity index (χ4n) is 3.07. The summed E-state index contributed by atoms with van der Waals surface area (Å²) in [5.41, 5.74) is 9.09. The minimum absolute atomic E-state index is 0.0749. The average molecular weight is 366 g/mol. The molecule has 0 spiro atoms. The van der Waals surface area contributed by atoms with Crippen molar-refractivity contribution in [3.8, 4) is 23.0 Å². The SMILES string of the molecule is Cc1oc(-c2ccccc2O)nc1C(C)Oc1ccc(N)c(C(C)(C)C)c1. The third kappa shape index (κ3) is 3.92. The molecule has 1 atom stereocenters. The Morgan fingerprint density at radius 1 is 1.15 bits per heavy atom. The molecule has 5 heteroatoms. The number of phenols is 1. The lowest BCUT2D eigenvalue weighted by molar-refractivity contribution is 0.220. The molecule has 2 aromatic carbocycles. The summed E-state index contributed by atoms with van der Waals surface area (Å²) in [6.45, 7) is 10.1. The number of hydrogen-bond donors (Lipinski definition) is 2. The lowest BCUT2D eigenvalue weighted by atomic mass is 9.86. The van der Waals surface area contributed by atoms with E-state index in [0.29, 0.717) is 22.9 Å². The smallest absolute Gasteiger partial charge is 0.230 e. The molecule has 27 heavy (non-hydrogen) atoms. The van der Waals surface area contributed by atoms with Gasteiger partial charge in [-0.3, -0.25) is 0 Å².